The summed E-state index contributed by atoms with van der Waals surface area (Å²) in [4.78, 5) is 27.3. The zero-order valence-electron chi connectivity index (χ0n) is 19.4. The molecule has 0 bridgehead atoms. The summed E-state index contributed by atoms with van der Waals surface area (Å²) in [5.41, 5.74) is 5.66. The lowest BCUT2D eigenvalue weighted by Crippen LogP contribution is -2.34. The van der Waals surface area contributed by atoms with Gasteiger partial charge in [0.1, 0.15) is 0 Å². The molecule has 0 saturated heterocycles. The van der Waals surface area contributed by atoms with Gasteiger partial charge in [0.2, 0.25) is 0 Å². The number of fused-ring (bicyclic) bond motifs is 2. The largest absolute Gasteiger partial charge is 0.372 e. The van der Waals surface area contributed by atoms with Crippen LogP contribution in [0, 0.1) is 12.3 Å². The molecule has 2 heterocycles. The molecular weight excluding hydrogens is 410 g/mol. The molecule has 0 fully saturated rings. The molecule has 1 aliphatic heterocycles. The van der Waals surface area contributed by atoms with Crippen molar-refractivity contribution >= 4 is 28.1 Å². The van der Waals surface area contributed by atoms with Crippen molar-refractivity contribution in [2.24, 2.45) is 5.41 Å². The highest BCUT2D eigenvalue weighted by Crippen LogP contribution is 2.45. The number of allylic oxidation sites excluding steroid dienone is 2. The van der Waals surface area contributed by atoms with E-state index in [1.165, 1.54) is 0 Å². The molecule has 1 unspecified atom stereocenters. The highest BCUT2D eigenvalue weighted by Gasteiger charge is 2.39. The van der Waals surface area contributed by atoms with Gasteiger partial charge in [0.15, 0.2) is 5.78 Å². The fourth-order valence-corrected chi connectivity index (χ4v) is 5.14. The van der Waals surface area contributed by atoms with E-state index in [0.29, 0.717) is 24.1 Å². The molecule has 2 N–H and O–H groups in total. The van der Waals surface area contributed by atoms with Crippen LogP contribution in [0.2, 0.25) is 0 Å². The molecule has 0 saturated carbocycles. The number of hydrogen-bond donors (Lipinski definition) is 2. The van der Waals surface area contributed by atoms with E-state index in [9.17, 15) is 9.59 Å². The van der Waals surface area contributed by atoms with E-state index in [1.54, 1.807) is 10.6 Å². The third kappa shape index (κ3) is 3.67. The summed E-state index contributed by atoms with van der Waals surface area (Å²) in [5, 5.41) is 8.03. The van der Waals surface area contributed by atoms with Gasteiger partial charge in [-0.15, -0.1) is 6.58 Å². The van der Waals surface area contributed by atoms with Gasteiger partial charge in [-0.25, -0.2) is 0 Å². The summed E-state index contributed by atoms with van der Waals surface area (Å²) in [5.74, 6) is 0.0812. The van der Waals surface area contributed by atoms with E-state index in [-0.39, 0.29) is 16.8 Å². The topological polar surface area (TPSA) is 63.1 Å². The van der Waals surface area contributed by atoms with Crippen molar-refractivity contribution in [3.63, 3.8) is 0 Å². The molecule has 1 aliphatic carbocycles. The van der Waals surface area contributed by atoms with Crippen molar-refractivity contribution in [2.45, 2.75) is 46.2 Å². The van der Waals surface area contributed by atoms with E-state index < -0.39 is 6.04 Å². The number of anilines is 2. The van der Waals surface area contributed by atoms with Crippen LogP contribution >= 0.6 is 0 Å². The number of para-hydroxylation sites is 2. The predicted molar refractivity (Wildman–Crippen MR) is 135 cm³/mol. The van der Waals surface area contributed by atoms with E-state index in [4.69, 9.17) is 0 Å². The molecule has 5 rings (SSSR count). The number of pyridine rings is 1. The van der Waals surface area contributed by atoms with E-state index in [2.05, 4.69) is 31.1 Å². The fourth-order valence-electron chi connectivity index (χ4n) is 5.14. The molecule has 0 amide bonds. The van der Waals surface area contributed by atoms with Crippen LogP contribution in [0.5, 0.6) is 0 Å². The van der Waals surface area contributed by atoms with Gasteiger partial charge in [0, 0.05) is 29.8 Å². The van der Waals surface area contributed by atoms with Gasteiger partial charge in [-0.05, 0) is 54.0 Å². The van der Waals surface area contributed by atoms with Gasteiger partial charge in [-0.1, -0.05) is 44.2 Å². The summed E-state index contributed by atoms with van der Waals surface area (Å²) in [6.07, 6.45) is 2.94. The lowest BCUT2D eigenvalue weighted by atomic mass is 9.73. The molecule has 3 aromatic rings. The van der Waals surface area contributed by atoms with Crippen LogP contribution in [-0.4, -0.2) is 10.4 Å². The maximum absolute atomic E-state index is 13.8. The Bertz CT molecular complexity index is 1390. The Labute approximate surface area is 193 Å². The summed E-state index contributed by atoms with van der Waals surface area (Å²) in [6.45, 7) is 10.5. The zero-order valence-corrected chi connectivity index (χ0v) is 19.4. The first-order valence-electron chi connectivity index (χ1n) is 11.4. The van der Waals surface area contributed by atoms with Crippen LogP contribution in [-0.2, 0) is 11.3 Å². The Morgan fingerprint density at radius 3 is 2.61 bits per heavy atom. The molecule has 2 aliphatic rings. The Hall–Kier alpha value is -3.60. The molecular formula is C28H29N3O2. The van der Waals surface area contributed by atoms with Gasteiger partial charge >= 0.3 is 0 Å². The molecule has 1 atom stereocenters. The summed E-state index contributed by atoms with van der Waals surface area (Å²) in [7, 11) is 0. The van der Waals surface area contributed by atoms with E-state index in [0.717, 1.165) is 40.0 Å². The number of rotatable bonds is 3. The first-order chi connectivity index (χ1) is 15.8. The number of benzene rings is 2. The molecule has 168 valence electrons. The molecule has 0 radical (unpaired) electrons. The average Bonchev–Trinajstić information content (AvgIpc) is 2.91. The van der Waals surface area contributed by atoms with Gasteiger partial charge in [0.05, 0.1) is 22.9 Å². The van der Waals surface area contributed by atoms with Crippen molar-refractivity contribution in [3.05, 3.63) is 93.9 Å². The Balaban J connectivity index is 1.79. The zero-order chi connectivity index (χ0) is 23.3. The molecule has 2 aromatic carbocycles. The van der Waals surface area contributed by atoms with Crippen LogP contribution in [0.3, 0.4) is 0 Å². The number of carbonyl (C=O) groups is 1. The van der Waals surface area contributed by atoms with Crippen LogP contribution in [0.15, 0.2) is 77.3 Å². The number of ketones is 1. The number of aromatic nitrogens is 1. The molecule has 0 spiro atoms. The van der Waals surface area contributed by atoms with Crippen LogP contribution in [0.1, 0.15) is 43.9 Å². The number of hydrogen-bond acceptors (Lipinski definition) is 4. The molecule has 5 nitrogen and oxygen atoms in total. The van der Waals surface area contributed by atoms with Crippen molar-refractivity contribution < 1.29 is 4.79 Å². The monoisotopic (exact) mass is 439 g/mol. The average molecular weight is 440 g/mol. The molecule has 5 heteroatoms. The summed E-state index contributed by atoms with van der Waals surface area (Å²) < 4.78 is 1.76. The Morgan fingerprint density at radius 2 is 1.85 bits per heavy atom. The summed E-state index contributed by atoms with van der Waals surface area (Å²) in [6, 6.07) is 15.4. The first kappa shape index (κ1) is 21.3. The third-order valence-corrected chi connectivity index (χ3v) is 6.62. The highest BCUT2D eigenvalue weighted by atomic mass is 16.1. The van der Waals surface area contributed by atoms with Crippen molar-refractivity contribution in [1.82, 2.24) is 4.57 Å². The maximum atomic E-state index is 13.8. The first-order valence-corrected chi connectivity index (χ1v) is 11.4. The van der Waals surface area contributed by atoms with Gasteiger partial charge in [-0.2, -0.15) is 0 Å². The minimum atomic E-state index is -0.533. The molecule has 1 aromatic heterocycles. The maximum Gasteiger partial charge on any atom is 0.256 e. The molecule has 33 heavy (non-hydrogen) atoms. The number of Topliss-reactive ketones (excluding diaryl/α,β-unsaturated/α-hetero) is 1. The minimum absolute atomic E-state index is 0.0812. The second-order valence-electron chi connectivity index (χ2n) is 9.95. The van der Waals surface area contributed by atoms with Gasteiger partial charge in [-0.3, -0.25) is 9.59 Å². The number of aryl methyl sites for hydroxylation is 1. The van der Waals surface area contributed by atoms with Gasteiger partial charge in [0.25, 0.3) is 5.56 Å². The second-order valence-corrected chi connectivity index (χ2v) is 9.95. The number of nitrogens with one attached hydrogen (secondary N) is 2. The predicted octanol–water partition coefficient (Wildman–Crippen LogP) is 5.72. The summed E-state index contributed by atoms with van der Waals surface area (Å²) >= 11 is 0. The third-order valence-electron chi connectivity index (χ3n) is 6.62. The normalized spacial score (nSPS) is 19.2. The van der Waals surface area contributed by atoms with Crippen LogP contribution in [0.4, 0.5) is 11.4 Å². The van der Waals surface area contributed by atoms with Crippen LogP contribution < -0.4 is 16.2 Å². The highest BCUT2D eigenvalue weighted by molar-refractivity contribution is 6.01. The number of carbonyl (C=O) groups excluding carboxylic acids is 1. The smallest absolute Gasteiger partial charge is 0.256 e. The lowest BCUT2D eigenvalue weighted by Gasteiger charge is -2.34. The minimum Gasteiger partial charge on any atom is -0.372 e. The Kier molecular flexibility index (Phi) is 5.00. The van der Waals surface area contributed by atoms with E-state index >= 15 is 0 Å². The van der Waals surface area contributed by atoms with Crippen molar-refractivity contribution in [2.75, 3.05) is 10.6 Å². The van der Waals surface area contributed by atoms with E-state index in [1.807, 2.05) is 55.5 Å². The van der Waals surface area contributed by atoms with Crippen LogP contribution in [0.25, 0.3) is 10.9 Å². The standard InChI is InChI=1S/C28H29N3O2/c1-5-12-31-23-13-17(2)10-11-18(23)14-19(27(31)33)26-25-22(15-28(3,4)16-24(25)32)29-20-8-6-7-9-21(20)30-26/h5-11,13-14,26,29-30H,1,12,15-16H2,2-4H3. The fraction of sp³-hybridized carbons (Fsp3) is 0.286. The second kappa shape index (κ2) is 7.77. The SMILES string of the molecule is C=CCn1c(=O)c(C2Nc3ccccc3NC3=C2C(=O)CC(C)(C)C3)cc2ccc(C)cc21. The van der Waals surface area contributed by atoms with Gasteiger partial charge < -0.3 is 15.2 Å². The quantitative estimate of drug-likeness (QED) is 0.513. The Morgan fingerprint density at radius 1 is 1.09 bits per heavy atom. The number of nitrogens with zero attached hydrogens (tertiary/aromatic N) is 1. The van der Waals surface area contributed by atoms with Crippen molar-refractivity contribution in [1.29, 1.82) is 0 Å². The lowest BCUT2D eigenvalue weighted by molar-refractivity contribution is -0.118. The van der Waals surface area contributed by atoms with Crippen molar-refractivity contribution in [3.8, 4) is 0 Å².